The van der Waals surface area contributed by atoms with E-state index in [9.17, 15) is 56.2 Å². The number of rotatable bonds is 19. The molecular weight excluding hydrogens is 1060 g/mol. The number of carbonyl (C=O) groups is 7. The number of amides is 8. The number of aromatic nitrogens is 3. The number of hydrogen-bond donors (Lipinski definition) is 5. The van der Waals surface area contributed by atoms with E-state index in [1.54, 1.807) is 49.9 Å². The minimum Gasteiger partial charge on any atom is -0.391 e. The van der Waals surface area contributed by atoms with Gasteiger partial charge in [-0.05, 0) is 83.7 Å². The van der Waals surface area contributed by atoms with Gasteiger partial charge in [-0.25, -0.2) is 18.6 Å². The lowest BCUT2D eigenvalue weighted by molar-refractivity contribution is -0.187. The van der Waals surface area contributed by atoms with E-state index in [1.807, 2.05) is 31.2 Å². The van der Waals surface area contributed by atoms with Gasteiger partial charge in [0.25, 0.3) is 5.91 Å². The van der Waals surface area contributed by atoms with Gasteiger partial charge in [0, 0.05) is 57.2 Å². The maximum absolute atomic E-state index is 15.9. The fourth-order valence-corrected chi connectivity index (χ4v) is 10.9. The molecule has 0 radical (unpaired) electrons. The number of halogens is 5. The molecule has 79 heavy (non-hydrogen) atoms. The van der Waals surface area contributed by atoms with E-state index in [2.05, 4.69) is 31.3 Å². The van der Waals surface area contributed by atoms with Crippen LogP contribution in [-0.4, -0.2) is 126 Å². The zero-order chi connectivity index (χ0) is 57.1. The number of urea groups is 1. The standard InChI is InChI=1S/C55H61F5N10O8S/c1-31-47(79-30-63-31)35-13-9-33(10-14-35)23-62-49(75)43-21-39(71)27-69(43)50(76)48(53(3,4)5)65-44(72)8-6-7-19-61-45(73)28-67-26-37(24-64-67)36-15-18-41-40(20-36)42(57)22-54(41)51(77)70(52(78)66-54)29-46(74)68(32(2)55(58,59)60)25-34-11-16-38(56)17-12-34/h9-18,20,24,26,30,32,39,42-43,48,71H,6-8,19,21-23,25,27-29H2,1-5H3,(H,61,73)(H,62,75)(H,65,72)(H,66,78)/t32-,39+,42+,43-,48+,54-/m0/s1. The van der Waals surface area contributed by atoms with Crippen LogP contribution in [0.3, 0.4) is 0 Å². The van der Waals surface area contributed by atoms with Crippen molar-refractivity contribution in [1.29, 1.82) is 0 Å². The Balaban J connectivity index is 0.798. The highest BCUT2D eigenvalue weighted by molar-refractivity contribution is 7.13. The lowest BCUT2D eigenvalue weighted by Gasteiger charge is -2.35. The molecule has 3 aliphatic rings. The zero-order valence-corrected chi connectivity index (χ0v) is 44.9. The van der Waals surface area contributed by atoms with Gasteiger partial charge in [-0.2, -0.15) is 18.3 Å². The third-order valence-electron chi connectivity index (χ3n) is 14.5. The van der Waals surface area contributed by atoms with Gasteiger partial charge >= 0.3 is 12.2 Å². The Labute approximate surface area is 456 Å². The number of unbranched alkanes of at least 4 members (excludes halogenated alkanes) is 1. The molecule has 5 aromatic rings. The van der Waals surface area contributed by atoms with Gasteiger partial charge < -0.3 is 36.2 Å². The molecule has 2 saturated heterocycles. The van der Waals surface area contributed by atoms with Crippen LogP contribution in [0, 0.1) is 18.2 Å². The highest BCUT2D eigenvalue weighted by Gasteiger charge is 2.59. The molecule has 24 heteroatoms. The van der Waals surface area contributed by atoms with Gasteiger partial charge in [0.1, 0.15) is 48.7 Å². The molecule has 0 saturated carbocycles. The van der Waals surface area contributed by atoms with Gasteiger partial charge in [-0.3, -0.25) is 38.3 Å². The summed E-state index contributed by atoms with van der Waals surface area (Å²) in [4.78, 5) is 102. The minimum absolute atomic E-state index is 0.0374. The summed E-state index contributed by atoms with van der Waals surface area (Å²) in [5, 5.41) is 25.9. The summed E-state index contributed by atoms with van der Waals surface area (Å²) < 4.78 is 72.5. The summed E-state index contributed by atoms with van der Waals surface area (Å²) in [6.45, 7) is 6.55. The highest BCUT2D eigenvalue weighted by atomic mass is 32.1. The van der Waals surface area contributed by atoms with Crippen molar-refractivity contribution in [3.8, 4) is 21.6 Å². The molecule has 18 nitrogen and oxygen atoms in total. The summed E-state index contributed by atoms with van der Waals surface area (Å²) in [5.41, 5.74) is 3.15. The molecule has 420 valence electrons. The van der Waals surface area contributed by atoms with Crippen LogP contribution in [0.1, 0.15) is 93.9 Å². The maximum atomic E-state index is 15.9. The van der Waals surface area contributed by atoms with E-state index in [0.717, 1.165) is 40.8 Å². The summed E-state index contributed by atoms with van der Waals surface area (Å²) in [6.07, 6.45) is -4.27. The average molecular weight is 1120 g/mol. The fourth-order valence-electron chi connectivity index (χ4n) is 10.1. The van der Waals surface area contributed by atoms with Crippen molar-refractivity contribution in [1.82, 2.24) is 50.7 Å². The number of fused-ring (bicyclic) bond motifs is 2. The van der Waals surface area contributed by atoms with Crippen molar-refractivity contribution in [3.05, 3.63) is 118 Å². The molecule has 8 rings (SSSR count). The second kappa shape index (κ2) is 23.4. The predicted octanol–water partition coefficient (Wildman–Crippen LogP) is 6.36. The van der Waals surface area contributed by atoms with Gasteiger partial charge in [0.15, 0.2) is 0 Å². The Hall–Kier alpha value is -7.60. The van der Waals surface area contributed by atoms with Gasteiger partial charge in [0.2, 0.25) is 29.5 Å². The van der Waals surface area contributed by atoms with E-state index in [-0.39, 0.29) is 55.7 Å². The lowest BCUT2D eigenvalue weighted by Crippen LogP contribution is -2.57. The molecule has 0 unspecified atom stereocenters. The Kier molecular flexibility index (Phi) is 17.0. The van der Waals surface area contributed by atoms with E-state index in [4.69, 9.17) is 0 Å². The van der Waals surface area contributed by atoms with Gasteiger partial charge in [-0.1, -0.05) is 69.3 Å². The SMILES string of the molecule is Cc1ncsc1-c1ccc(CNC(=O)[C@@H]2C[C@@H](O)CN2C(=O)[C@@H](NC(=O)CCCCNC(=O)Cn2cc(-c3ccc4c(c3)[C@H](F)C[C@]43NC(=O)N(CC(=O)N(Cc4ccc(F)cc4)[C@@H](C)C(F)(F)F)C3=O)cn2)C(C)(C)C)cc1. The number of β-amino-alcohol motifs (C(OH)–C–C–N with tert-alkyl or cyclic N) is 1. The molecule has 1 spiro atoms. The molecule has 3 aromatic carbocycles. The number of benzene rings is 3. The number of aliphatic hydroxyl groups excluding tert-OH is 1. The van der Waals surface area contributed by atoms with Crippen LogP contribution in [0.25, 0.3) is 21.6 Å². The Bertz CT molecular complexity index is 3110. The first-order chi connectivity index (χ1) is 37.3. The molecule has 2 fully saturated rings. The number of likely N-dealkylation sites (tertiary alicyclic amines) is 1. The molecular formula is C55H61F5N10O8S. The largest absolute Gasteiger partial charge is 0.408 e. The quantitative estimate of drug-likeness (QED) is 0.0349. The van der Waals surface area contributed by atoms with Crippen LogP contribution < -0.4 is 21.3 Å². The second-order valence-electron chi connectivity index (χ2n) is 21.2. The summed E-state index contributed by atoms with van der Waals surface area (Å²) in [5.74, 6) is -4.58. The number of aliphatic hydroxyl groups is 1. The lowest BCUT2D eigenvalue weighted by atomic mass is 9.85. The van der Waals surface area contributed by atoms with Crippen LogP contribution in [0.4, 0.5) is 26.7 Å². The molecule has 8 amide bonds. The number of imide groups is 1. The first-order valence-corrected chi connectivity index (χ1v) is 26.6. The van der Waals surface area contributed by atoms with E-state index >= 15 is 4.39 Å². The van der Waals surface area contributed by atoms with Crippen molar-refractivity contribution in [2.45, 2.75) is 128 Å². The number of thiazole rings is 1. The van der Waals surface area contributed by atoms with Crippen molar-refractivity contribution in [2.24, 2.45) is 5.41 Å². The monoisotopic (exact) mass is 1120 g/mol. The highest BCUT2D eigenvalue weighted by Crippen LogP contribution is 2.49. The van der Waals surface area contributed by atoms with Crippen molar-refractivity contribution >= 4 is 52.8 Å². The number of carbonyl (C=O) groups excluding carboxylic acids is 7. The zero-order valence-electron chi connectivity index (χ0n) is 44.0. The molecule has 2 aliphatic heterocycles. The smallest absolute Gasteiger partial charge is 0.391 e. The summed E-state index contributed by atoms with van der Waals surface area (Å²) >= 11 is 1.54. The van der Waals surface area contributed by atoms with Gasteiger partial charge in [-0.15, -0.1) is 11.3 Å². The number of nitrogens with one attached hydrogen (secondary N) is 4. The predicted molar refractivity (Wildman–Crippen MR) is 279 cm³/mol. The van der Waals surface area contributed by atoms with Crippen LogP contribution in [-0.2, 0) is 53.9 Å². The van der Waals surface area contributed by atoms with Crippen LogP contribution in [0.15, 0.2) is 84.6 Å². The summed E-state index contributed by atoms with van der Waals surface area (Å²) in [6, 6.07) is 11.3. The fraction of sp³-hybridized carbons (Fsp3) is 0.436. The van der Waals surface area contributed by atoms with Crippen molar-refractivity contribution < 1.29 is 60.6 Å². The Morgan fingerprint density at radius 2 is 1.62 bits per heavy atom. The first kappa shape index (κ1) is 57.6. The van der Waals surface area contributed by atoms with E-state index < -0.39 is 114 Å². The van der Waals surface area contributed by atoms with Crippen molar-refractivity contribution in [3.63, 3.8) is 0 Å². The second-order valence-corrected chi connectivity index (χ2v) is 22.1. The summed E-state index contributed by atoms with van der Waals surface area (Å²) in [7, 11) is 0. The average Bonchev–Trinajstić information content (AvgIpc) is 4.37. The molecule has 1 aliphatic carbocycles. The minimum atomic E-state index is -4.88. The molecule has 6 atom stereocenters. The molecule has 0 bridgehead atoms. The molecule has 2 aromatic heterocycles. The normalized spacial score (nSPS) is 19.8. The van der Waals surface area contributed by atoms with Crippen molar-refractivity contribution in [2.75, 3.05) is 19.6 Å². The van der Waals surface area contributed by atoms with Crippen LogP contribution in [0.2, 0.25) is 0 Å². The Morgan fingerprint density at radius 3 is 2.29 bits per heavy atom. The number of aryl methyl sites for hydroxylation is 1. The Morgan fingerprint density at radius 1 is 0.924 bits per heavy atom. The maximum Gasteiger partial charge on any atom is 0.408 e. The third kappa shape index (κ3) is 13.0. The number of nitrogens with zero attached hydrogens (tertiary/aromatic N) is 6. The van der Waals surface area contributed by atoms with Crippen LogP contribution >= 0.6 is 11.3 Å². The molecule has 4 heterocycles. The van der Waals surface area contributed by atoms with Gasteiger partial charge in [0.05, 0.1) is 28.4 Å². The van der Waals surface area contributed by atoms with Crippen LogP contribution in [0.5, 0.6) is 0 Å². The topological polar surface area (TPSA) is 228 Å². The van der Waals surface area contributed by atoms with E-state index in [0.29, 0.717) is 33.8 Å². The number of alkyl halides is 4. The van der Waals surface area contributed by atoms with E-state index in [1.165, 1.54) is 40.0 Å². The third-order valence-corrected chi connectivity index (χ3v) is 15.4. The molecule has 5 N–H and O–H groups in total. The number of hydrogen-bond acceptors (Lipinski definition) is 11. The first-order valence-electron chi connectivity index (χ1n) is 25.7.